The zero-order chi connectivity index (χ0) is 14.7. The van der Waals surface area contributed by atoms with Crippen molar-refractivity contribution >= 4 is 5.91 Å². The molecule has 2 N–H and O–H groups in total. The van der Waals surface area contributed by atoms with E-state index >= 15 is 0 Å². The summed E-state index contributed by atoms with van der Waals surface area (Å²) in [6.07, 6.45) is 6.94. The number of aryl methyl sites for hydroxylation is 1. The number of nitrogens with zero attached hydrogens (tertiary/aromatic N) is 3. The molecule has 0 bridgehead atoms. The molecule has 5 nitrogen and oxygen atoms in total. The van der Waals surface area contributed by atoms with E-state index in [4.69, 9.17) is 5.73 Å². The predicted octanol–water partition coefficient (Wildman–Crippen LogP) is 1.73. The second-order valence-corrected chi connectivity index (χ2v) is 5.99. The zero-order valence-corrected chi connectivity index (χ0v) is 12.7. The molecule has 0 saturated carbocycles. The average Bonchev–Trinajstić information content (AvgIpc) is 2.91. The van der Waals surface area contributed by atoms with Crippen LogP contribution in [0.4, 0.5) is 0 Å². The maximum Gasteiger partial charge on any atom is 0.239 e. The van der Waals surface area contributed by atoms with Crippen molar-refractivity contribution in [1.29, 1.82) is 0 Å². The number of amides is 1. The van der Waals surface area contributed by atoms with Gasteiger partial charge in [-0.05, 0) is 31.2 Å². The van der Waals surface area contributed by atoms with Crippen LogP contribution in [0.1, 0.15) is 44.7 Å². The molecule has 2 rings (SSSR count). The molecule has 1 fully saturated rings. The molecule has 5 heteroatoms. The number of carbonyl (C=O) groups excluding carboxylic acids is 1. The van der Waals surface area contributed by atoms with E-state index in [1.807, 2.05) is 35.8 Å². The summed E-state index contributed by atoms with van der Waals surface area (Å²) in [6, 6.07) is -0.0939. The molecule has 1 aliphatic rings. The third kappa shape index (κ3) is 3.20. The normalized spacial score (nSPS) is 22.6. The van der Waals surface area contributed by atoms with Gasteiger partial charge in [-0.25, -0.2) is 0 Å². The molecule has 1 aromatic heterocycles. The van der Waals surface area contributed by atoms with Crippen LogP contribution in [0.25, 0.3) is 0 Å². The summed E-state index contributed by atoms with van der Waals surface area (Å²) in [4.78, 5) is 14.4. The highest BCUT2D eigenvalue weighted by Crippen LogP contribution is 2.22. The van der Waals surface area contributed by atoms with Crippen LogP contribution in [0, 0.1) is 12.8 Å². The maximum absolute atomic E-state index is 12.5. The van der Waals surface area contributed by atoms with Crippen molar-refractivity contribution in [3.8, 4) is 0 Å². The van der Waals surface area contributed by atoms with E-state index in [0.29, 0.717) is 0 Å². The standard InChI is InChI=1S/C15H26N4O/c1-4-12(3)14(16)15(20)18-7-5-6-13(10-18)19-9-11(2)8-17-19/h8-9,12-14H,4-7,10,16H2,1-3H3. The van der Waals surface area contributed by atoms with E-state index < -0.39 is 0 Å². The van der Waals surface area contributed by atoms with Gasteiger partial charge in [0.05, 0.1) is 18.3 Å². The highest BCUT2D eigenvalue weighted by molar-refractivity contribution is 5.82. The summed E-state index contributed by atoms with van der Waals surface area (Å²) in [5, 5.41) is 4.38. The summed E-state index contributed by atoms with van der Waals surface area (Å²) in [6.45, 7) is 7.70. The lowest BCUT2D eigenvalue weighted by Gasteiger charge is -2.35. The topological polar surface area (TPSA) is 64.2 Å². The molecular weight excluding hydrogens is 252 g/mol. The van der Waals surface area contributed by atoms with Crippen molar-refractivity contribution in [2.45, 2.75) is 52.1 Å². The summed E-state index contributed by atoms with van der Waals surface area (Å²) < 4.78 is 1.99. The molecule has 3 atom stereocenters. The summed E-state index contributed by atoms with van der Waals surface area (Å²) in [7, 11) is 0. The van der Waals surface area contributed by atoms with Crippen molar-refractivity contribution < 1.29 is 4.79 Å². The van der Waals surface area contributed by atoms with Gasteiger partial charge in [0.2, 0.25) is 5.91 Å². The molecule has 0 spiro atoms. The number of hydrogen-bond acceptors (Lipinski definition) is 3. The van der Waals surface area contributed by atoms with Gasteiger partial charge in [0.25, 0.3) is 0 Å². The largest absolute Gasteiger partial charge is 0.339 e. The summed E-state index contributed by atoms with van der Waals surface area (Å²) in [5.74, 6) is 0.322. The SMILES string of the molecule is CCC(C)C(N)C(=O)N1CCCC(n2cc(C)cn2)C1. The van der Waals surface area contributed by atoms with Gasteiger partial charge in [0.1, 0.15) is 0 Å². The zero-order valence-electron chi connectivity index (χ0n) is 12.7. The van der Waals surface area contributed by atoms with E-state index in [0.717, 1.165) is 37.9 Å². The first kappa shape index (κ1) is 15.0. The minimum Gasteiger partial charge on any atom is -0.339 e. The quantitative estimate of drug-likeness (QED) is 0.912. The number of hydrogen-bond donors (Lipinski definition) is 1. The predicted molar refractivity (Wildman–Crippen MR) is 79.2 cm³/mol. The maximum atomic E-state index is 12.5. The van der Waals surface area contributed by atoms with Gasteiger partial charge < -0.3 is 10.6 Å². The van der Waals surface area contributed by atoms with Gasteiger partial charge in [-0.15, -0.1) is 0 Å². The molecular formula is C15H26N4O. The number of carbonyl (C=O) groups is 1. The van der Waals surface area contributed by atoms with Gasteiger partial charge in [-0.3, -0.25) is 9.48 Å². The Hall–Kier alpha value is -1.36. The van der Waals surface area contributed by atoms with Crippen LogP contribution < -0.4 is 5.73 Å². The van der Waals surface area contributed by atoms with Crippen LogP contribution in [0.2, 0.25) is 0 Å². The Morgan fingerprint density at radius 3 is 2.95 bits per heavy atom. The van der Waals surface area contributed by atoms with E-state index in [1.165, 1.54) is 0 Å². The molecule has 20 heavy (non-hydrogen) atoms. The van der Waals surface area contributed by atoms with Crippen molar-refractivity contribution in [3.05, 3.63) is 18.0 Å². The minimum atomic E-state index is -0.377. The van der Waals surface area contributed by atoms with Crippen LogP contribution in [0.3, 0.4) is 0 Å². The Kier molecular flexibility index (Phi) is 4.81. The van der Waals surface area contributed by atoms with E-state index in [2.05, 4.69) is 12.0 Å². The van der Waals surface area contributed by atoms with Crippen LogP contribution >= 0.6 is 0 Å². The Balaban J connectivity index is 2.01. The molecule has 0 aliphatic carbocycles. The molecule has 1 aliphatic heterocycles. The van der Waals surface area contributed by atoms with Gasteiger partial charge in [0.15, 0.2) is 0 Å². The van der Waals surface area contributed by atoms with E-state index in [9.17, 15) is 4.79 Å². The van der Waals surface area contributed by atoms with Gasteiger partial charge in [-0.1, -0.05) is 20.3 Å². The van der Waals surface area contributed by atoms with Crippen molar-refractivity contribution in [2.75, 3.05) is 13.1 Å². The highest BCUT2D eigenvalue weighted by Gasteiger charge is 2.30. The Morgan fingerprint density at radius 1 is 1.60 bits per heavy atom. The average molecular weight is 278 g/mol. The van der Waals surface area contributed by atoms with Gasteiger partial charge >= 0.3 is 0 Å². The van der Waals surface area contributed by atoms with Crippen molar-refractivity contribution in [3.63, 3.8) is 0 Å². The van der Waals surface area contributed by atoms with Crippen LogP contribution in [0.15, 0.2) is 12.4 Å². The molecule has 0 radical (unpaired) electrons. The van der Waals surface area contributed by atoms with E-state index in [-0.39, 0.29) is 23.9 Å². The fourth-order valence-corrected chi connectivity index (χ4v) is 2.71. The first-order chi connectivity index (χ1) is 9.52. The molecule has 2 heterocycles. The first-order valence-electron chi connectivity index (χ1n) is 7.58. The lowest BCUT2D eigenvalue weighted by molar-refractivity contribution is -0.135. The van der Waals surface area contributed by atoms with Crippen LogP contribution in [0.5, 0.6) is 0 Å². The van der Waals surface area contributed by atoms with Crippen molar-refractivity contribution in [1.82, 2.24) is 14.7 Å². The van der Waals surface area contributed by atoms with Crippen LogP contribution in [-0.4, -0.2) is 39.7 Å². The fraction of sp³-hybridized carbons (Fsp3) is 0.733. The molecule has 1 amide bonds. The number of aromatic nitrogens is 2. The minimum absolute atomic E-state index is 0.0907. The molecule has 112 valence electrons. The fourth-order valence-electron chi connectivity index (χ4n) is 2.71. The monoisotopic (exact) mass is 278 g/mol. The van der Waals surface area contributed by atoms with Gasteiger partial charge in [0, 0.05) is 19.3 Å². The lowest BCUT2D eigenvalue weighted by atomic mass is 9.97. The molecule has 3 unspecified atom stereocenters. The first-order valence-corrected chi connectivity index (χ1v) is 7.58. The number of likely N-dealkylation sites (tertiary alicyclic amines) is 1. The second-order valence-electron chi connectivity index (χ2n) is 5.99. The lowest BCUT2D eigenvalue weighted by Crippen LogP contribution is -2.50. The van der Waals surface area contributed by atoms with Crippen LogP contribution in [-0.2, 0) is 4.79 Å². The molecule has 1 saturated heterocycles. The smallest absolute Gasteiger partial charge is 0.239 e. The third-order valence-corrected chi connectivity index (χ3v) is 4.36. The number of piperidine rings is 1. The van der Waals surface area contributed by atoms with E-state index in [1.54, 1.807) is 0 Å². The van der Waals surface area contributed by atoms with Crippen molar-refractivity contribution in [2.24, 2.45) is 11.7 Å². The third-order valence-electron chi connectivity index (χ3n) is 4.36. The Morgan fingerprint density at radius 2 is 2.35 bits per heavy atom. The number of nitrogens with two attached hydrogens (primary N) is 1. The molecule has 0 aromatic carbocycles. The Bertz CT molecular complexity index is 456. The summed E-state index contributed by atoms with van der Waals surface area (Å²) in [5.41, 5.74) is 7.23. The number of rotatable bonds is 4. The molecule has 1 aromatic rings. The van der Waals surface area contributed by atoms with Gasteiger partial charge in [-0.2, -0.15) is 5.10 Å². The second kappa shape index (κ2) is 6.39. The Labute approximate surface area is 121 Å². The summed E-state index contributed by atoms with van der Waals surface area (Å²) >= 11 is 0. The highest BCUT2D eigenvalue weighted by atomic mass is 16.2.